The molecule has 114 valence electrons. The van der Waals surface area contributed by atoms with Gasteiger partial charge in [0.05, 0.1) is 5.75 Å². The van der Waals surface area contributed by atoms with Crippen molar-refractivity contribution in [3.8, 4) is 0 Å². The molecule has 21 heavy (non-hydrogen) atoms. The predicted molar refractivity (Wildman–Crippen MR) is 91.2 cm³/mol. The number of rotatable bonds is 7. The molecule has 0 amide bonds. The van der Waals surface area contributed by atoms with Gasteiger partial charge in [-0.05, 0) is 29.6 Å². The summed E-state index contributed by atoms with van der Waals surface area (Å²) < 4.78 is 25.8. The molecule has 0 saturated carbocycles. The van der Waals surface area contributed by atoms with Crippen LogP contribution in [0.3, 0.4) is 0 Å². The molecule has 0 atom stereocenters. The summed E-state index contributed by atoms with van der Waals surface area (Å²) in [7, 11) is -1.60. The summed E-state index contributed by atoms with van der Waals surface area (Å²) in [5.41, 5.74) is 6.39. The van der Waals surface area contributed by atoms with Crippen LogP contribution in [0.4, 0.5) is 5.69 Å². The Labute approximate surface area is 134 Å². The van der Waals surface area contributed by atoms with Crippen molar-refractivity contribution in [2.45, 2.75) is 11.4 Å². The minimum atomic E-state index is -3.23. The molecule has 2 aromatic rings. The number of hydrogen-bond acceptors (Lipinski definition) is 5. The average Bonchev–Trinajstić information content (AvgIpc) is 2.91. The number of benzene rings is 1. The zero-order valence-corrected chi connectivity index (χ0v) is 14.2. The second-order valence-corrected chi connectivity index (χ2v) is 8.97. The maximum absolute atomic E-state index is 12.2. The molecule has 0 unspecified atom stereocenters. The summed E-state index contributed by atoms with van der Waals surface area (Å²) in [6, 6.07) is 11.3. The number of nitrogens with zero attached hydrogens (tertiary/aromatic N) is 1. The molecule has 0 aliphatic rings. The van der Waals surface area contributed by atoms with E-state index in [1.807, 2.05) is 41.8 Å². The quantitative estimate of drug-likeness (QED) is 0.621. The number of thiophene rings is 1. The second-order valence-electron chi connectivity index (χ2n) is 4.57. The molecule has 0 saturated heterocycles. The standard InChI is InChI=1S/C14H18N2O2S3/c1-16(11-14-6-3-7-19-14)21(17,18)9-8-20-13-5-2-4-12(15)10-13/h2-7,10H,8-9,11,15H2,1H3. The molecule has 0 radical (unpaired) electrons. The van der Waals surface area contributed by atoms with Crippen LogP contribution in [0.1, 0.15) is 4.88 Å². The molecule has 0 spiro atoms. The van der Waals surface area contributed by atoms with E-state index in [9.17, 15) is 8.42 Å². The monoisotopic (exact) mass is 342 g/mol. The zero-order valence-electron chi connectivity index (χ0n) is 11.7. The van der Waals surface area contributed by atoms with Crippen molar-refractivity contribution in [2.75, 3.05) is 24.3 Å². The van der Waals surface area contributed by atoms with Crippen LogP contribution >= 0.6 is 23.1 Å². The van der Waals surface area contributed by atoms with Crippen molar-refractivity contribution in [3.63, 3.8) is 0 Å². The van der Waals surface area contributed by atoms with E-state index in [4.69, 9.17) is 5.73 Å². The van der Waals surface area contributed by atoms with Crippen LogP contribution in [-0.4, -0.2) is 31.3 Å². The van der Waals surface area contributed by atoms with Crippen molar-refractivity contribution in [3.05, 3.63) is 46.7 Å². The first-order valence-corrected chi connectivity index (χ1v) is 9.89. The number of nitrogen functional groups attached to an aromatic ring is 1. The van der Waals surface area contributed by atoms with Crippen molar-refractivity contribution in [2.24, 2.45) is 0 Å². The molecule has 0 bridgehead atoms. The number of anilines is 1. The highest BCUT2D eigenvalue weighted by Crippen LogP contribution is 2.21. The Balaban J connectivity index is 1.86. The van der Waals surface area contributed by atoms with Crippen LogP contribution in [0, 0.1) is 0 Å². The molecule has 2 rings (SSSR count). The molecular weight excluding hydrogens is 324 g/mol. The van der Waals surface area contributed by atoms with Crippen LogP contribution in [0.2, 0.25) is 0 Å². The summed E-state index contributed by atoms with van der Waals surface area (Å²) in [4.78, 5) is 2.04. The molecule has 0 fully saturated rings. The average molecular weight is 343 g/mol. The second kappa shape index (κ2) is 7.31. The smallest absolute Gasteiger partial charge is 0.215 e. The van der Waals surface area contributed by atoms with Crippen LogP contribution in [-0.2, 0) is 16.6 Å². The first-order chi connectivity index (χ1) is 9.97. The lowest BCUT2D eigenvalue weighted by atomic mass is 10.3. The Bertz CT molecular complexity index is 669. The third-order valence-corrected chi connectivity index (χ3v) is 6.82. The molecule has 1 heterocycles. The van der Waals surface area contributed by atoms with Gasteiger partial charge in [-0.15, -0.1) is 23.1 Å². The maximum atomic E-state index is 12.2. The van der Waals surface area contributed by atoms with Gasteiger partial charge in [-0.1, -0.05) is 12.1 Å². The molecule has 4 nitrogen and oxygen atoms in total. The van der Waals surface area contributed by atoms with Crippen LogP contribution < -0.4 is 5.73 Å². The fourth-order valence-corrected chi connectivity index (χ4v) is 5.04. The fourth-order valence-electron chi connectivity index (χ4n) is 1.75. The van der Waals surface area contributed by atoms with Crippen molar-refractivity contribution in [1.82, 2.24) is 4.31 Å². The first kappa shape index (κ1) is 16.4. The van der Waals surface area contributed by atoms with Gasteiger partial charge in [0, 0.05) is 34.8 Å². The molecule has 2 N–H and O–H groups in total. The minimum Gasteiger partial charge on any atom is -0.399 e. The SMILES string of the molecule is CN(Cc1cccs1)S(=O)(=O)CCSc1cccc(N)c1. The summed E-state index contributed by atoms with van der Waals surface area (Å²) in [6.45, 7) is 0.433. The summed E-state index contributed by atoms with van der Waals surface area (Å²) in [5, 5.41) is 1.95. The van der Waals surface area contributed by atoms with E-state index in [1.54, 1.807) is 18.4 Å². The number of thioether (sulfide) groups is 1. The van der Waals surface area contributed by atoms with Gasteiger partial charge in [0.25, 0.3) is 0 Å². The Morgan fingerprint density at radius 3 is 2.76 bits per heavy atom. The van der Waals surface area contributed by atoms with Gasteiger partial charge in [0.15, 0.2) is 0 Å². The summed E-state index contributed by atoms with van der Waals surface area (Å²) in [5.74, 6) is 0.634. The van der Waals surface area contributed by atoms with Gasteiger partial charge in [0.2, 0.25) is 10.0 Å². The lowest BCUT2D eigenvalue weighted by molar-refractivity contribution is 0.471. The number of hydrogen-bond donors (Lipinski definition) is 1. The molecule has 1 aromatic carbocycles. The topological polar surface area (TPSA) is 63.4 Å². The Hall–Kier alpha value is -1.02. The van der Waals surface area contributed by atoms with E-state index in [0.29, 0.717) is 18.0 Å². The fraction of sp³-hybridized carbons (Fsp3) is 0.286. The normalized spacial score (nSPS) is 11.9. The number of sulfonamides is 1. The van der Waals surface area contributed by atoms with E-state index in [0.717, 1.165) is 9.77 Å². The molecule has 0 aliphatic heterocycles. The first-order valence-electron chi connectivity index (χ1n) is 6.42. The van der Waals surface area contributed by atoms with Gasteiger partial charge < -0.3 is 5.73 Å². The predicted octanol–water partition coefficient (Wildman–Crippen LogP) is 2.88. The van der Waals surface area contributed by atoms with Crippen molar-refractivity contribution in [1.29, 1.82) is 0 Å². The van der Waals surface area contributed by atoms with Gasteiger partial charge in [0.1, 0.15) is 0 Å². The molecule has 7 heteroatoms. The third kappa shape index (κ3) is 5.03. The molecule has 1 aromatic heterocycles. The lowest BCUT2D eigenvalue weighted by Crippen LogP contribution is -2.29. The largest absolute Gasteiger partial charge is 0.399 e. The van der Waals surface area contributed by atoms with Gasteiger partial charge in [-0.25, -0.2) is 8.42 Å². The highest BCUT2D eigenvalue weighted by atomic mass is 32.2. The summed E-state index contributed by atoms with van der Waals surface area (Å²) in [6.07, 6.45) is 0. The van der Waals surface area contributed by atoms with Crippen LogP contribution in [0.15, 0.2) is 46.7 Å². The molecule has 0 aliphatic carbocycles. The van der Waals surface area contributed by atoms with Crippen molar-refractivity contribution < 1.29 is 8.42 Å². The Morgan fingerprint density at radius 1 is 1.29 bits per heavy atom. The van der Waals surface area contributed by atoms with E-state index < -0.39 is 10.0 Å². The van der Waals surface area contributed by atoms with Gasteiger partial charge in [-0.3, -0.25) is 0 Å². The van der Waals surface area contributed by atoms with Gasteiger partial charge in [-0.2, -0.15) is 4.31 Å². The van der Waals surface area contributed by atoms with Crippen LogP contribution in [0.5, 0.6) is 0 Å². The Morgan fingerprint density at radius 2 is 2.10 bits per heavy atom. The minimum absolute atomic E-state index is 0.119. The molecular formula is C14H18N2O2S3. The lowest BCUT2D eigenvalue weighted by Gasteiger charge is -2.16. The van der Waals surface area contributed by atoms with E-state index in [-0.39, 0.29) is 5.75 Å². The summed E-state index contributed by atoms with van der Waals surface area (Å²) >= 11 is 3.07. The van der Waals surface area contributed by atoms with Crippen molar-refractivity contribution >= 4 is 38.8 Å². The van der Waals surface area contributed by atoms with E-state index >= 15 is 0 Å². The highest BCUT2D eigenvalue weighted by molar-refractivity contribution is 8.00. The maximum Gasteiger partial charge on any atom is 0.215 e. The third-order valence-electron chi connectivity index (χ3n) is 2.90. The van der Waals surface area contributed by atoms with E-state index in [2.05, 4.69) is 0 Å². The highest BCUT2D eigenvalue weighted by Gasteiger charge is 2.18. The van der Waals surface area contributed by atoms with Gasteiger partial charge >= 0.3 is 0 Å². The Kier molecular flexibility index (Phi) is 5.69. The van der Waals surface area contributed by atoms with E-state index in [1.165, 1.54) is 16.1 Å². The number of nitrogens with two attached hydrogens (primary N) is 1. The zero-order chi connectivity index (χ0) is 15.3. The van der Waals surface area contributed by atoms with Crippen LogP contribution in [0.25, 0.3) is 0 Å².